The Hall–Kier alpha value is -2.49. The average Bonchev–Trinajstić information content (AvgIpc) is 3.12. The van der Waals surface area contributed by atoms with Gasteiger partial charge >= 0.3 is 5.69 Å². The molecule has 0 aliphatic rings. The number of nitrogens with zero attached hydrogens (tertiary/aromatic N) is 6. The van der Waals surface area contributed by atoms with Crippen molar-refractivity contribution in [3.63, 3.8) is 0 Å². The summed E-state index contributed by atoms with van der Waals surface area (Å²) in [6.45, 7) is 10.2. The molecule has 0 saturated heterocycles. The van der Waals surface area contributed by atoms with Crippen molar-refractivity contribution in [3.8, 4) is 0 Å². The third kappa shape index (κ3) is 4.26. The Kier molecular flexibility index (Phi) is 6.21. The zero-order valence-corrected chi connectivity index (χ0v) is 18.4. The predicted octanol–water partition coefficient (Wildman–Crippen LogP) is 2.64. The summed E-state index contributed by atoms with van der Waals surface area (Å²) in [5.74, 6) is 1.86. The second-order valence-electron chi connectivity index (χ2n) is 7.48. The molecular weight excluding hydrogens is 392 g/mol. The lowest BCUT2D eigenvalue weighted by atomic mass is 10.2. The number of thioether (sulfide) groups is 1. The van der Waals surface area contributed by atoms with Gasteiger partial charge in [0.05, 0.1) is 5.25 Å². The molecule has 0 aromatic carbocycles. The van der Waals surface area contributed by atoms with Gasteiger partial charge in [-0.1, -0.05) is 37.7 Å². The van der Waals surface area contributed by atoms with E-state index in [0.717, 1.165) is 17.4 Å². The summed E-state index contributed by atoms with van der Waals surface area (Å²) in [6, 6.07) is 0. The van der Waals surface area contributed by atoms with Gasteiger partial charge in [-0.3, -0.25) is 13.9 Å². The molecule has 0 aliphatic heterocycles. The van der Waals surface area contributed by atoms with Crippen LogP contribution in [-0.2, 0) is 20.0 Å². The van der Waals surface area contributed by atoms with Crippen molar-refractivity contribution in [1.29, 1.82) is 0 Å². The maximum absolute atomic E-state index is 12.9. The van der Waals surface area contributed by atoms with Gasteiger partial charge in [-0.15, -0.1) is 0 Å². The zero-order valence-electron chi connectivity index (χ0n) is 17.6. The van der Waals surface area contributed by atoms with Gasteiger partial charge < -0.3 is 4.52 Å². The number of rotatable bonds is 7. The molecular formula is C19H26N6O3S. The molecule has 3 heterocycles. The maximum atomic E-state index is 12.9. The van der Waals surface area contributed by atoms with Gasteiger partial charge in [0.25, 0.3) is 5.56 Å². The number of fused-ring (bicyclic) bond motifs is 1. The fourth-order valence-corrected chi connectivity index (χ4v) is 4.04. The summed E-state index contributed by atoms with van der Waals surface area (Å²) >= 11 is 1.35. The van der Waals surface area contributed by atoms with Gasteiger partial charge in [0.2, 0.25) is 5.89 Å². The lowest BCUT2D eigenvalue weighted by Gasteiger charge is -2.15. The maximum Gasteiger partial charge on any atom is 0.332 e. The molecule has 1 atom stereocenters. The first-order chi connectivity index (χ1) is 13.7. The van der Waals surface area contributed by atoms with E-state index in [4.69, 9.17) is 4.52 Å². The van der Waals surface area contributed by atoms with Crippen molar-refractivity contribution >= 4 is 22.8 Å². The Morgan fingerprint density at radius 3 is 2.52 bits per heavy atom. The van der Waals surface area contributed by atoms with Crippen molar-refractivity contribution < 1.29 is 4.52 Å². The molecule has 3 aromatic heterocycles. The molecule has 0 radical (unpaired) electrons. The predicted molar refractivity (Wildman–Crippen MR) is 111 cm³/mol. The first-order valence-electron chi connectivity index (χ1n) is 9.70. The van der Waals surface area contributed by atoms with Crippen LogP contribution in [0.2, 0.25) is 0 Å². The highest BCUT2D eigenvalue weighted by Gasteiger charge is 2.22. The number of aryl methyl sites for hydroxylation is 2. The molecule has 0 spiro atoms. The molecule has 3 aromatic rings. The Morgan fingerprint density at radius 2 is 1.86 bits per heavy atom. The van der Waals surface area contributed by atoms with E-state index in [0.29, 0.717) is 40.1 Å². The van der Waals surface area contributed by atoms with Gasteiger partial charge in [0.15, 0.2) is 11.5 Å². The smallest absolute Gasteiger partial charge is 0.332 e. The standard InChI is InChI=1S/C19H26N6O3S/c1-7-8-13-22-16(28-23-13)11(4)29-17-14-15(20-12(5)21-17)25(9-10(2)3)19(27)24(6)18(14)26/h10-11H,7-9H2,1-6H3/t11-/m0/s1. The molecule has 0 N–H and O–H groups in total. The van der Waals surface area contributed by atoms with E-state index in [2.05, 4.69) is 27.0 Å². The second kappa shape index (κ2) is 8.48. The van der Waals surface area contributed by atoms with Crippen molar-refractivity contribution in [2.45, 2.75) is 64.3 Å². The van der Waals surface area contributed by atoms with Crippen LogP contribution in [0.3, 0.4) is 0 Å². The molecule has 156 valence electrons. The van der Waals surface area contributed by atoms with E-state index in [1.54, 1.807) is 11.5 Å². The minimum atomic E-state index is -0.406. The minimum Gasteiger partial charge on any atom is -0.338 e. The highest BCUT2D eigenvalue weighted by Crippen LogP contribution is 2.35. The molecule has 9 nitrogen and oxygen atoms in total. The summed E-state index contributed by atoms with van der Waals surface area (Å²) in [7, 11) is 1.48. The molecule has 0 aliphatic carbocycles. The van der Waals surface area contributed by atoms with Crippen LogP contribution in [0, 0.1) is 12.8 Å². The number of hydrogen-bond donors (Lipinski definition) is 0. The first-order valence-corrected chi connectivity index (χ1v) is 10.6. The van der Waals surface area contributed by atoms with Gasteiger partial charge in [0, 0.05) is 20.0 Å². The molecule has 10 heteroatoms. The van der Waals surface area contributed by atoms with Gasteiger partial charge in [0.1, 0.15) is 16.2 Å². The minimum absolute atomic E-state index is 0.208. The number of aromatic nitrogens is 6. The van der Waals surface area contributed by atoms with Crippen LogP contribution in [0.15, 0.2) is 19.1 Å². The van der Waals surface area contributed by atoms with E-state index in [1.807, 2.05) is 20.8 Å². The fraction of sp³-hybridized carbons (Fsp3) is 0.579. The second-order valence-corrected chi connectivity index (χ2v) is 8.81. The topological polar surface area (TPSA) is 109 Å². The average molecular weight is 419 g/mol. The molecule has 0 saturated carbocycles. The van der Waals surface area contributed by atoms with E-state index >= 15 is 0 Å². The Bertz CT molecular complexity index is 1150. The summed E-state index contributed by atoms with van der Waals surface area (Å²) in [4.78, 5) is 39.0. The molecule has 0 fully saturated rings. The zero-order chi connectivity index (χ0) is 21.3. The first kappa shape index (κ1) is 21.2. The normalized spacial score (nSPS) is 12.8. The monoisotopic (exact) mass is 418 g/mol. The van der Waals surface area contributed by atoms with Crippen LogP contribution in [0.25, 0.3) is 11.0 Å². The van der Waals surface area contributed by atoms with E-state index in [9.17, 15) is 9.59 Å². The van der Waals surface area contributed by atoms with Crippen LogP contribution < -0.4 is 11.2 Å². The lowest BCUT2D eigenvalue weighted by Crippen LogP contribution is -2.39. The Labute approximate surface area is 172 Å². The number of hydrogen-bond acceptors (Lipinski definition) is 8. The van der Waals surface area contributed by atoms with Crippen molar-refractivity contribution in [1.82, 2.24) is 29.2 Å². The van der Waals surface area contributed by atoms with Crippen LogP contribution in [0.1, 0.15) is 56.9 Å². The molecule has 29 heavy (non-hydrogen) atoms. The van der Waals surface area contributed by atoms with Crippen LogP contribution in [0.4, 0.5) is 0 Å². The van der Waals surface area contributed by atoms with Crippen LogP contribution in [-0.4, -0.2) is 29.2 Å². The molecule has 3 rings (SSSR count). The Balaban J connectivity index is 2.13. The highest BCUT2D eigenvalue weighted by molar-refractivity contribution is 7.99. The van der Waals surface area contributed by atoms with E-state index in [1.165, 1.54) is 18.8 Å². The largest absolute Gasteiger partial charge is 0.338 e. The van der Waals surface area contributed by atoms with Gasteiger partial charge in [-0.25, -0.2) is 14.8 Å². The van der Waals surface area contributed by atoms with Crippen molar-refractivity contribution in [2.75, 3.05) is 0 Å². The molecule has 0 bridgehead atoms. The quantitative estimate of drug-likeness (QED) is 0.425. The van der Waals surface area contributed by atoms with Gasteiger partial charge in [-0.2, -0.15) is 4.98 Å². The summed E-state index contributed by atoms with van der Waals surface area (Å²) in [6.07, 6.45) is 1.68. The SMILES string of the molecule is CCCc1noc([C@H](C)Sc2nc(C)nc3c2c(=O)n(C)c(=O)n3CC(C)C)n1. The third-order valence-electron chi connectivity index (χ3n) is 4.40. The summed E-state index contributed by atoms with van der Waals surface area (Å²) in [5.41, 5.74) is -0.414. The van der Waals surface area contributed by atoms with Crippen molar-refractivity contribution in [3.05, 3.63) is 38.4 Å². The summed E-state index contributed by atoms with van der Waals surface area (Å²) < 4.78 is 8.05. The molecule has 0 amide bonds. The van der Waals surface area contributed by atoms with Crippen LogP contribution >= 0.6 is 11.8 Å². The van der Waals surface area contributed by atoms with E-state index in [-0.39, 0.29) is 16.9 Å². The Morgan fingerprint density at radius 1 is 1.14 bits per heavy atom. The third-order valence-corrected chi connectivity index (χ3v) is 5.48. The van der Waals surface area contributed by atoms with Crippen molar-refractivity contribution in [2.24, 2.45) is 13.0 Å². The molecule has 0 unspecified atom stereocenters. The summed E-state index contributed by atoms with van der Waals surface area (Å²) in [5, 5.41) is 4.63. The fourth-order valence-electron chi connectivity index (χ4n) is 3.03. The van der Waals surface area contributed by atoms with Crippen LogP contribution in [0.5, 0.6) is 0 Å². The highest BCUT2D eigenvalue weighted by atomic mass is 32.2. The van der Waals surface area contributed by atoms with Gasteiger partial charge in [-0.05, 0) is 26.2 Å². The van der Waals surface area contributed by atoms with E-state index < -0.39 is 5.56 Å². The lowest BCUT2D eigenvalue weighted by molar-refractivity contribution is 0.374.